The molecule has 144 valence electrons. The third-order valence-electron chi connectivity index (χ3n) is 4.58. The smallest absolute Gasteiger partial charge is 0.352 e. The number of aromatic nitrogens is 1. The van der Waals surface area contributed by atoms with Crippen LogP contribution in [-0.4, -0.2) is 17.4 Å². The Morgan fingerprint density at radius 3 is 2.63 bits per heavy atom. The van der Waals surface area contributed by atoms with Crippen LogP contribution in [0.15, 0.2) is 36.5 Å². The van der Waals surface area contributed by atoms with Gasteiger partial charge in [0.1, 0.15) is 5.82 Å². The Hall–Kier alpha value is -2.28. The molecule has 0 unspecified atom stereocenters. The molecule has 1 amide bonds. The molecule has 0 atom stereocenters. The number of alkyl halides is 3. The van der Waals surface area contributed by atoms with Gasteiger partial charge in [0, 0.05) is 23.5 Å². The number of benzene rings is 1. The predicted octanol–water partition coefficient (Wildman–Crippen LogP) is 5.42. The Balaban J connectivity index is 1.80. The Bertz CT molecular complexity index is 820. The lowest BCUT2D eigenvalue weighted by Gasteiger charge is -2.16. The van der Waals surface area contributed by atoms with Gasteiger partial charge in [-0.3, -0.25) is 4.79 Å². The standard InChI is InChI=1S/C19H19ClF3N3O/c20-13-6-3-7-14(8-13)26-17-9-16(19(21,22)23)15(11-24-17)18(27)25-10-12-4-1-2-5-12/h3,6-9,11-12H,1-2,4-5,10H2,(H,24,26)(H,25,27). The van der Waals surface area contributed by atoms with Gasteiger partial charge in [0.2, 0.25) is 0 Å². The number of hydrogen-bond donors (Lipinski definition) is 2. The van der Waals surface area contributed by atoms with Crippen LogP contribution >= 0.6 is 11.6 Å². The number of rotatable bonds is 5. The summed E-state index contributed by atoms with van der Waals surface area (Å²) in [4.78, 5) is 16.3. The predicted molar refractivity (Wildman–Crippen MR) is 98.3 cm³/mol. The molecule has 1 saturated carbocycles. The Morgan fingerprint density at radius 1 is 1.22 bits per heavy atom. The molecular formula is C19H19ClF3N3O. The second-order valence-corrected chi connectivity index (χ2v) is 7.05. The fraction of sp³-hybridized carbons (Fsp3) is 0.368. The van der Waals surface area contributed by atoms with Crippen molar-refractivity contribution in [3.8, 4) is 0 Å². The number of carbonyl (C=O) groups is 1. The normalized spacial score (nSPS) is 15.0. The third kappa shape index (κ3) is 5.13. The monoisotopic (exact) mass is 397 g/mol. The maximum Gasteiger partial charge on any atom is 0.417 e. The minimum atomic E-state index is -4.67. The first-order valence-electron chi connectivity index (χ1n) is 8.71. The van der Waals surface area contributed by atoms with Crippen molar-refractivity contribution >= 4 is 29.0 Å². The van der Waals surface area contributed by atoms with Crippen LogP contribution in [-0.2, 0) is 6.18 Å². The second-order valence-electron chi connectivity index (χ2n) is 6.61. The van der Waals surface area contributed by atoms with Crippen molar-refractivity contribution < 1.29 is 18.0 Å². The van der Waals surface area contributed by atoms with Crippen molar-refractivity contribution in [1.29, 1.82) is 0 Å². The molecular weight excluding hydrogens is 379 g/mol. The zero-order valence-electron chi connectivity index (χ0n) is 14.4. The number of nitrogens with zero attached hydrogens (tertiary/aromatic N) is 1. The molecule has 1 aliphatic rings. The number of hydrogen-bond acceptors (Lipinski definition) is 3. The van der Waals surface area contributed by atoms with Crippen molar-refractivity contribution in [3.05, 3.63) is 52.7 Å². The molecule has 1 heterocycles. The van der Waals surface area contributed by atoms with E-state index < -0.39 is 23.2 Å². The van der Waals surface area contributed by atoms with Gasteiger partial charge in [-0.1, -0.05) is 30.5 Å². The Morgan fingerprint density at radius 2 is 1.96 bits per heavy atom. The van der Waals surface area contributed by atoms with Crippen LogP contribution in [0.4, 0.5) is 24.7 Å². The zero-order valence-corrected chi connectivity index (χ0v) is 15.2. The molecule has 4 nitrogen and oxygen atoms in total. The largest absolute Gasteiger partial charge is 0.417 e. The van der Waals surface area contributed by atoms with Gasteiger partial charge >= 0.3 is 6.18 Å². The van der Waals surface area contributed by atoms with E-state index in [4.69, 9.17) is 11.6 Å². The molecule has 1 aromatic heterocycles. The molecule has 0 radical (unpaired) electrons. The summed E-state index contributed by atoms with van der Waals surface area (Å²) in [7, 11) is 0. The molecule has 1 fully saturated rings. The van der Waals surface area contributed by atoms with E-state index >= 15 is 0 Å². The summed E-state index contributed by atoms with van der Waals surface area (Å²) in [6.45, 7) is 0.388. The topological polar surface area (TPSA) is 54.0 Å². The quantitative estimate of drug-likeness (QED) is 0.708. The molecule has 0 bridgehead atoms. The summed E-state index contributed by atoms with van der Waals surface area (Å²) < 4.78 is 40.4. The van der Waals surface area contributed by atoms with Gasteiger partial charge in [-0.25, -0.2) is 4.98 Å². The number of nitrogens with one attached hydrogen (secondary N) is 2. The first-order chi connectivity index (χ1) is 12.8. The van der Waals surface area contributed by atoms with Gasteiger partial charge in [0.15, 0.2) is 0 Å². The van der Waals surface area contributed by atoms with Crippen molar-refractivity contribution in [1.82, 2.24) is 10.3 Å². The van der Waals surface area contributed by atoms with Crippen molar-refractivity contribution in [2.45, 2.75) is 31.9 Å². The van der Waals surface area contributed by atoms with Crippen LogP contribution in [0.1, 0.15) is 41.6 Å². The van der Waals surface area contributed by atoms with Crippen LogP contribution in [0.2, 0.25) is 5.02 Å². The average Bonchev–Trinajstić information content (AvgIpc) is 3.12. The van der Waals surface area contributed by atoms with E-state index in [1.54, 1.807) is 24.3 Å². The fourth-order valence-corrected chi connectivity index (χ4v) is 3.39. The van der Waals surface area contributed by atoms with Crippen LogP contribution in [0.5, 0.6) is 0 Å². The maximum atomic E-state index is 13.5. The summed E-state index contributed by atoms with van der Waals surface area (Å²) in [5.74, 6) is -0.437. The molecule has 3 rings (SSSR count). The highest BCUT2D eigenvalue weighted by Crippen LogP contribution is 2.34. The van der Waals surface area contributed by atoms with Gasteiger partial charge in [-0.15, -0.1) is 0 Å². The van der Waals surface area contributed by atoms with Crippen molar-refractivity contribution in [2.24, 2.45) is 5.92 Å². The number of anilines is 2. The lowest BCUT2D eigenvalue weighted by molar-refractivity contribution is -0.137. The van der Waals surface area contributed by atoms with Crippen LogP contribution in [0.25, 0.3) is 0 Å². The van der Waals surface area contributed by atoms with Gasteiger partial charge < -0.3 is 10.6 Å². The van der Waals surface area contributed by atoms with Gasteiger partial charge in [0.25, 0.3) is 5.91 Å². The summed E-state index contributed by atoms with van der Waals surface area (Å²) >= 11 is 5.88. The maximum absolute atomic E-state index is 13.5. The first kappa shape index (κ1) is 19.5. The lowest BCUT2D eigenvalue weighted by atomic mass is 10.1. The highest BCUT2D eigenvalue weighted by Gasteiger charge is 2.36. The summed E-state index contributed by atoms with van der Waals surface area (Å²) in [6, 6.07) is 7.38. The van der Waals surface area contributed by atoms with Crippen LogP contribution in [0.3, 0.4) is 0 Å². The van der Waals surface area contributed by atoms with Gasteiger partial charge in [-0.2, -0.15) is 13.2 Å². The highest BCUT2D eigenvalue weighted by atomic mass is 35.5. The van der Waals surface area contributed by atoms with E-state index in [1.807, 2.05) is 0 Å². The summed E-state index contributed by atoms with van der Waals surface area (Å²) in [5.41, 5.74) is -0.996. The molecule has 0 spiro atoms. The summed E-state index contributed by atoms with van der Waals surface area (Å²) in [6.07, 6.45) is 0.466. The van der Waals surface area contributed by atoms with Crippen molar-refractivity contribution in [2.75, 3.05) is 11.9 Å². The first-order valence-corrected chi connectivity index (χ1v) is 9.09. The van der Waals surface area contributed by atoms with E-state index in [9.17, 15) is 18.0 Å². The molecule has 1 aliphatic carbocycles. The van der Waals surface area contributed by atoms with E-state index in [2.05, 4.69) is 15.6 Å². The molecule has 0 aliphatic heterocycles. The third-order valence-corrected chi connectivity index (χ3v) is 4.81. The number of carbonyl (C=O) groups excluding carboxylic acids is 1. The lowest BCUT2D eigenvalue weighted by Crippen LogP contribution is -2.30. The molecule has 2 aromatic rings. The minimum absolute atomic E-state index is 0.0167. The second kappa shape index (κ2) is 8.17. The molecule has 1 aromatic carbocycles. The van der Waals surface area contributed by atoms with Crippen molar-refractivity contribution in [3.63, 3.8) is 0 Å². The van der Waals surface area contributed by atoms with Gasteiger partial charge in [-0.05, 0) is 43.0 Å². The minimum Gasteiger partial charge on any atom is -0.352 e. The number of halogens is 4. The van der Waals surface area contributed by atoms with E-state index in [0.717, 1.165) is 37.9 Å². The fourth-order valence-electron chi connectivity index (χ4n) is 3.20. The highest BCUT2D eigenvalue weighted by molar-refractivity contribution is 6.30. The zero-order chi connectivity index (χ0) is 19.4. The Labute approximate surface area is 160 Å². The van der Waals surface area contributed by atoms with E-state index in [-0.39, 0.29) is 5.82 Å². The van der Waals surface area contributed by atoms with E-state index in [1.165, 1.54) is 0 Å². The van der Waals surface area contributed by atoms with Crippen LogP contribution < -0.4 is 10.6 Å². The van der Waals surface area contributed by atoms with Gasteiger partial charge in [0.05, 0.1) is 11.1 Å². The molecule has 0 saturated heterocycles. The molecule has 27 heavy (non-hydrogen) atoms. The van der Waals surface area contributed by atoms with E-state index in [0.29, 0.717) is 23.2 Å². The van der Waals surface area contributed by atoms with Crippen LogP contribution in [0, 0.1) is 5.92 Å². The Kier molecular flexibility index (Phi) is 5.89. The summed E-state index contributed by atoms with van der Waals surface area (Å²) in [5, 5.41) is 5.83. The SMILES string of the molecule is O=C(NCC1CCCC1)c1cnc(Nc2cccc(Cl)c2)cc1C(F)(F)F. The average molecular weight is 398 g/mol. The number of amides is 1. The molecule has 2 N–H and O–H groups in total. The molecule has 8 heteroatoms. The number of pyridine rings is 1.